The lowest BCUT2D eigenvalue weighted by Gasteiger charge is -2.32. The molecular weight excluding hydrogens is 278 g/mol. The first kappa shape index (κ1) is 15.6. The summed E-state index contributed by atoms with van der Waals surface area (Å²) in [7, 11) is -3.21. The number of hydrogen-bond donors (Lipinski definition) is 2. The van der Waals surface area contributed by atoms with Gasteiger partial charge in [-0.05, 0) is 25.7 Å². The van der Waals surface area contributed by atoms with Gasteiger partial charge in [-0.1, -0.05) is 19.3 Å². The third-order valence-electron chi connectivity index (χ3n) is 3.94. The number of amides is 2. The van der Waals surface area contributed by atoms with Gasteiger partial charge < -0.3 is 10.6 Å². The van der Waals surface area contributed by atoms with Crippen LogP contribution in [0.5, 0.6) is 0 Å². The molecule has 2 N–H and O–H groups in total. The van der Waals surface area contributed by atoms with Gasteiger partial charge in [0.1, 0.15) is 0 Å². The minimum absolute atomic E-state index is 0.104. The molecule has 0 saturated heterocycles. The molecule has 0 spiro atoms. The maximum atomic E-state index is 11.9. The van der Waals surface area contributed by atoms with Crippen molar-refractivity contribution in [1.29, 1.82) is 0 Å². The summed E-state index contributed by atoms with van der Waals surface area (Å²) in [5, 5.41) is 5.57. The van der Waals surface area contributed by atoms with E-state index in [-0.39, 0.29) is 12.1 Å². The molecule has 2 fully saturated rings. The molecule has 0 aromatic heterocycles. The van der Waals surface area contributed by atoms with Gasteiger partial charge in [-0.15, -0.1) is 0 Å². The third kappa shape index (κ3) is 4.94. The van der Waals surface area contributed by atoms with Crippen LogP contribution < -0.4 is 10.6 Å². The van der Waals surface area contributed by atoms with Crippen molar-refractivity contribution in [3.05, 3.63) is 0 Å². The molecule has 0 unspecified atom stereocenters. The maximum absolute atomic E-state index is 11.9. The molecule has 0 radical (unpaired) electrons. The van der Waals surface area contributed by atoms with E-state index in [1.807, 2.05) is 0 Å². The van der Waals surface area contributed by atoms with Gasteiger partial charge in [0, 0.05) is 25.2 Å². The van der Waals surface area contributed by atoms with Gasteiger partial charge in [-0.25, -0.2) is 13.2 Å². The molecule has 2 aliphatic carbocycles. The summed E-state index contributed by atoms with van der Waals surface area (Å²) in [5.41, 5.74) is 0. The SMILES string of the molecule is CS(=O)(=O)N(CCNC(=O)NC1CC1)C1CCCCC1. The van der Waals surface area contributed by atoms with E-state index in [0.717, 1.165) is 38.5 Å². The van der Waals surface area contributed by atoms with Crippen molar-refractivity contribution in [2.45, 2.75) is 57.0 Å². The molecule has 2 saturated carbocycles. The van der Waals surface area contributed by atoms with E-state index in [9.17, 15) is 13.2 Å². The maximum Gasteiger partial charge on any atom is 0.315 e. The first-order chi connectivity index (χ1) is 9.47. The minimum Gasteiger partial charge on any atom is -0.337 e. The summed E-state index contributed by atoms with van der Waals surface area (Å²) in [4.78, 5) is 11.5. The van der Waals surface area contributed by atoms with Crippen LogP contribution in [0.1, 0.15) is 44.9 Å². The van der Waals surface area contributed by atoms with Crippen molar-refractivity contribution in [2.75, 3.05) is 19.3 Å². The largest absolute Gasteiger partial charge is 0.337 e. The van der Waals surface area contributed by atoms with Gasteiger partial charge in [-0.3, -0.25) is 0 Å². The Hall–Kier alpha value is -0.820. The van der Waals surface area contributed by atoms with Crippen molar-refractivity contribution >= 4 is 16.1 Å². The van der Waals surface area contributed by atoms with Crippen LogP contribution in [0.25, 0.3) is 0 Å². The summed E-state index contributed by atoms with van der Waals surface area (Å²) < 4.78 is 25.3. The molecule has 7 heteroatoms. The lowest BCUT2D eigenvalue weighted by atomic mass is 9.95. The number of nitrogens with one attached hydrogen (secondary N) is 2. The topological polar surface area (TPSA) is 78.5 Å². The van der Waals surface area contributed by atoms with Crippen LogP contribution in [0.15, 0.2) is 0 Å². The Kier molecular flexibility index (Phi) is 5.26. The van der Waals surface area contributed by atoms with Crippen LogP contribution in [-0.4, -0.2) is 50.2 Å². The molecular formula is C13H25N3O3S. The van der Waals surface area contributed by atoms with Gasteiger partial charge >= 0.3 is 6.03 Å². The van der Waals surface area contributed by atoms with Crippen LogP contribution >= 0.6 is 0 Å². The molecule has 116 valence electrons. The van der Waals surface area contributed by atoms with E-state index in [4.69, 9.17) is 0 Å². The number of carbonyl (C=O) groups is 1. The zero-order valence-corrected chi connectivity index (χ0v) is 12.9. The molecule has 0 heterocycles. The lowest BCUT2D eigenvalue weighted by molar-refractivity contribution is 0.233. The van der Waals surface area contributed by atoms with Crippen LogP contribution in [0.3, 0.4) is 0 Å². The number of carbonyl (C=O) groups excluding carboxylic acids is 1. The molecule has 2 amide bonds. The summed E-state index contributed by atoms with van der Waals surface area (Å²) in [6.07, 6.45) is 8.58. The quantitative estimate of drug-likeness (QED) is 0.769. The van der Waals surface area contributed by atoms with E-state index >= 15 is 0 Å². The molecule has 0 aliphatic heterocycles. The Morgan fingerprint density at radius 2 is 1.80 bits per heavy atom. The van der Waals surface area contributed by atoms with Gasteiger partial charge in [0.2, 0.25) is 10.0 Å². The molecule has 6 nitrogen and oxygen atoms in total. The van der Waals surface area contributed by atoms with Crippen LogP contribution in [-0.2, 0) is 10.0 Å². The van der Waals surface area contributed by atoms with Gasteiger partial charge in [0.25, 0.3) is 0 Å². The number of urea groups is 1. The normalized spacial score (nSPS) is 20.9. The summed E-state index contributed by atoms with van der Waals surface area (Å²) in [6, 6.07) is 0.232. The average Bonchev–Trinajstić information content (AvgIpc) is 3.18. The predicted molar refractivity (Wildman–Crippen MR) is 78.0 cm³/mol. The Morgan fingerprint density at radius 1 is 1.15 bits per heavy atom. The van der Waals surface area contributed by atoms with Crippen molar-refractivity contribution in [3.8, 4) is 0 Å². The van der Waals surface area contributed by atoms with Gasteiger partial charge in [0.05, 0.1) is 6.26 Å². The Bertz CT molecular complexity index is 428. The lowest BCUT2D eigenvalue weighted by Crippen LogP contribution is -2.46. The van der Waals surface area contributed by atoms with Gasteiger partial charge in [-0.2, -0.15) is 4.31 Å². The molecule has 2 aliphatic rings. The first-order valence-corrected chi connectivity index (χ1v) is 9.33. The van der Waals surface area contributed by atoms with Crippen molar-refractivity contribution in [2.24, 2.45) is 0 Å². The van der Waals surface area contributed by atoms with E-state index in [0.29, 0.717) is 19.1 Å². The zero-order chi connectivity index (χ0) is 14.6. The Balaban J connectivity index is 1.79. The fourth-order valence-electron chi connectivity index (χ4n) is 2.73. The summed E-state index contributed by atoms with van der Waals surface area (Å²) >= 11 is 0. The highest BCUT2D eigenvalue weighted by Crippen LogP contribution is 2.24. The first-order valence-electron chi connectivity index (χ1n) is 7.48. The van der Waals surface area contributed by atoms with E-state index in [1.54, 1.807) is 4.31 Å². The Morgan fingerprint density at radius 3 is 2.35 bits per heavy atom. The number of nitrogens with zero attached hydrogens (tertiary/aromatic N) is 1. The molecule has 0 aromatic rings. The highest BCUT2D eigenvalue weighted by molar-refractivity contribution is 7.88. The fourth-order valence-corrected chi connectivity index (χ4v) is 3.91. The van der Waals surface area contributed by atoms with Crippen LogP contribution in [0.2, 0.25) is 0 Å². The van der Waals surface area contributed by atoms with Crippen LogP contribution in [0.4, 0.5) is 4.79 Å². The predicted octanol–water partition coefficient (Wildman–Crippen LogP) is 1.04. The number of rotatable bonds is 6. The van der Waals surface area contributed by atoms with Crippen molar-refractivity contribution < 1.29 is 13.2 Å². The van der Waals surface area contributed by atoms with Gasteiger partial charge in [0.15, 0.2) is 0 Å². The van der Waals surface area contributed by atoms with E-state index < -0.39 is 10.0 Å². The molecule has 0 bridgehead atoms. The minimum atomic E-state index is -3.21. The second-order valence-electron chi connectivity index (χ2n) is 5.84. The second kappa shape index (κ2) is 6.76. The summed E-state index contributed by atoms with van der Waals surface area (Å²) in [5.74, 6) is 0. The van der Waals surface area contributed by atoms with Crippen molar-refractivity contribution in [3.63, 3.8) is 0 Å². The van der Waals surface area contributed by atoms with Crippen molar-refractivity contribution in [1.82, 2.24) is 14.9 Å². The fraction of sp³-hybridized carbons (Fsp3) is 0.923. The highest BCUT2D eigenvalue weighted by atomic mass is 32.2. The molecule has 0 atom stereocenters. The molecule has 20 heavy (non-hydrogen) atoms. The number of hydrogen-bond acceptors (Lipinski definition) is 3. The third-order valence-corrected chi connectivity index (χ3v) is 5.27. The monoisotopic (exact) mass is 303 g/mol. The summed E-state index contributed by atoms with van der Waals surface area (Å²) in [6.45, 7) is 0.726. The smallest absolute Gasteiger partial charge is 0.315 e. The van der Waals surface area contributed by atoms with E-state index in [1.165, 1.54) is 12.7 Å². The zero-order valence-electron chi connectivity index (χ0n) is 12.1. The second-order valence-corrected chi connectivity index (χ2v) is 7.78. The average molecular weight is 303 g/mol. The van der Waals surface area contributed by atoms with Crippen LogP contribution in [0, 0.1) is 0 Å². The Labute approximate surface area is 121 Å². The molecule has 2 rings (SSSR count). The number of sulfonamides is 1. The highest BCUT2D eigenvalue weighted by Gasteiger charge is 2.28. The standard InChI is InChI=1S/C13H25N3O3S/c1-20(18,19)16(12-5-3-2-4-6-12)10-9-14-13(17)15-11-7-8-11/h11-12H,2-10H2,1H3,(H2,14,15,17). The van der Waals surface area contributed by atoms with E-state index in [2.05, 4.69) is 10.6 Å². The molecule has 0 aromatic carbocycles.